The van der Waals surface area contributed by atoms with Crippen molar-refractivity contribution < 1.29 is 4.79 Å². The number of hydrogen-bond acceptors (Lipinski definition) is 3. The van der Waals surface area contributed by atoms with Crippen molar-refractivity contribution in [3.63, 3.8) is 0 Å². The summed E-state index contributed by atoms with van der Waals surface area (Å²) in [5.74, 6) is 0.588. The van der Waals surface area contributed by atoms with Gasteiger partial charge in [0.1, 0.15) is 0 Å². The molecule has 4 nitrogen and oxygen atoms in total. The number of nitrogens with two attached hydrogens (primary N) is 1. The number of hydrogen-bond donors (Lipinski definition) is 2. The maximum Gasteiger partial charge on any atom is 0.236 e. The van der Waals surface area contributed by atoms with Gasteiger partial charge < -0.3 is 16.0 Å². The van der Waals surface area contributed by atoms with Gasteiger partial charge in [0.2, 0.25) is 5.91 Å². The zero-order valence-electron chi connectivity index (χ0n) is 14.6. The monoisotopic (exact) mass is 297 g/mol. The summed E-state index contributed by atoms with van der Waals surface area (Å²) in [6.45, 7) is 8.50. The summed E-state index contributed by atoms with van der Waals surface area (Å²) in [5.41, 5.74) is 5.69. The Morgan fingerprint density at radius 2 is 2.00 bits per heavy atom. The molecule has 0 aliphatic heterocycles. The van der Waals surface area contributed by atoms with E-state index >= 15 is 0 Å². The van der Waals surface area contributed by atoms with Gasteiger partial charge in [-0.05, 0) is 59.4 Å². The fourth-order valence-electron chi connectivity index (χ4n) is 3.32. The molecule has 0 aromatic heterocycles. The lowest BCUT2D eigenvalue weighted by Crippen LogP contribution is -2.52. The third-order valence-corrected chi connectivity index (χ3v) is 5.01. The molecule has 124 valence electrons. The Kier molecular flexibility index (Phi) is 7.67. The highest BCUT2D eigenvalue weighted by atomic mass is 16.2. The van der Waals surface area contributed by atoms with Gasteiger partial charge in [0, 0.05) is 18.1 Å². The summed E-state index contributed by atoms with van der Waals surface area (Å²) in [6.07, 6.45) is 7.11. The van der Waals surface area contributed by atoms with Crippen LogP contribution in [0, 0.1) is 5.92 Å². The highest BCUT2D eigenvalue weighted by Gasteiger charge is 2.33. The van der Waals surface area contributed by atoms with E-state index in [0.29, 0.717) is 24.0 Å². The quantitative estimate of drug-likeness (QED) is 0.759. The minimum Gasteiger partial charge on any atom is -0.352 e. The molecule has 0 aromatic rings. The maximum absolute atomic E-state index is 11.9. The normalized spacial score (nSPS) is 27.9. The topological polar surface area (TPSA) is 58.4 Å². The summed E-state index contributed by atoms with van der Waals surface area (Å²) in [4.78, 5) is 14.4. The molecule has 1 amide bonds. The lowest BCUT2D eigenvalue weighted by Gasteiger charge is -2.42. The van der Waals surface area contributed by atoms with E-state index in [0.717, 1.165) is 6.42 Å². The number of amides is 1. The third-order valence-electron chi connectivity index (χ3n) is 5.01. The zero-order valence-corrected chi connectivity index (χ0v) is 14.6. The van der Waals surface area contributed by atoms with Gasteiger partial charge in [0.25, 0.3) is 0 Å². The Balaban J connectivity index is 2.66. The average Bonchev–Trinajstić information content (AvgIpc) is 2.44. The second-order valence-electron chi connectivity index (χ2n) is 7.03. The number of carbonyl (C=O) groups is 1. The maximum atomic E-state index is 11.9. The number of unbranched alkanes of at least 4 members (excludes halogenated alkanes) is 1. The summed E-state index contributed by atoms with van der Waals surface area (Å²) in [6, 6.07) is 1.13. The van der Waals surface area contributed by atoms with Crippen molar-refractivity contribution in [3.8, 4) is 0 Å². The number of carbonyl (C=O) groups excluding carboxylic acids is 1. The molecule has 0 aromatic carbocycles. The van der Waals surface area contributed by atoms with E-state index in [1.54, 1.807) is 6.92 Å². The lowest BCUT2D eigenvalue weighted by atomic mass is 9.78. The molecule has 0 radical (unpaired) electrons. The van der Waals surface area contributed by atoms with Crippen LogP contribution in [0.15, 0.2) is 0 Å². The van der Waals surface area contributed by atoms with Gasteiger partial charge in [0.05, 0.1) is 6.04 Å². The van der Waals surface area contributed by atoms with Crippen LogP contribution in [-0.4, -0.2) is 42.0 Å². The number of nitrogens with zero attached hydrogens (tertiary/aromatic N) is 1. The van der Waals surface area contributed by atoms with Crippen molar-refractivity contribution >= 4 is 5.91 Å². The molecule has 3 N–H and O–H groups in total. The molecule has 0 unspecified atom stereocenters. The van der Waals surface area contributed by atoms with Crippen molar-refractivity contribution in [1.29, 1.82) is 0 Å². The van der Waals surface area contributed by atoms with Crippen LogP contribution in [-0.2, 0) is 4.79 Å². The van der Waals surface area contributed by atoms with Crippen LogP contribution in [0.3, 0.4) is 0 Å². The Morgan fingerprint density at radius 3 is 2.52 bits per heavy atom. The Hall–Kier alpha value is -0.610. The molecule has 4 atom stereocenters. The molecule has 1 fully saturated rings. The van der Waals surface area contributed by atoms with Gasteiger partial charge in [-0.2, -0.15) is 0 Å². The van der Waals surface area contributed by atoms with Crippen molar-refractivity contribution in [2.45, 2.75) is 90.4 Å². The summed E-state index contributed by atoms with van der Waals surface area (Å²) >= 11 is 0. The van der Waals surface area contributed by atoms with Gasteiger partial charge in [0.15, 0.2) is 0 Å². The van der Waals surface area contributed by atoms with Gasteiger partial charge in [-0.1, -0.05) is 19.8 Å². The Bertz CT molecular complexity index is 317. The second kappa shape index (κ2) is 8.74. The van der Waals surface area contributed by atoms with Crippen LogP contribution >= 0.6 is 0 Å². The molecule has 0 saturated heterocycles. The first-order chi connectivity index (χ1) is 9.86. The predicted octanol–water partition coefficient (Wildman–Crippen LogP) is 2.52. The third kappa shape index (κ3) is 5.59. The molecule has 21 heavy (non-hydrogen) atoms. The van der Waals surface area contributed by atoms with Gasteiger partial charge in [-0.3, -0.25) is 4.79 Å². The van der Waals surface area contributed by atoms with Crippen LogP contribution in [0.2, 0.25) is 0 Å². The predicted molar refractivity (Wildman–Crippen MR) is 89.1 cm³/mol. The van der Waals surface area contributed by atoms with Crippen LogP contribution < -0.4 is 11.1 Å². The highest BCUT2D eigenvalue weighted by Crippen LogP contribution is 2.32. The number of rotatable bonds is 7. The first-order valence-corrected chi connectivity index (χ1v) is 8.64. The summed E-state index contributed by atoms with van der Waals surface area (Å²) < 4.78 is 0. The molecule has 1 saturated carbocycles. The molecular weight excluding hydrogens is 262 g/mol. The van der Waals surface area contributed by atoms with E-state index in [1.807, 2.05) is 0 Å². The molecule has 0 spiro atoms. The van der Waals surface area contributed by atoms with Gasteiger partial charge in [-0.15, -0.1) is 0 Å². The van der Waals surface area contributed by atoms with Crippen molar-refractivity contribution in [1.82, 2.24) is 10.2 Å². The molecule has 0 bridgehead atoms. The second-order valence-corrected chi connectivity index (χ2v) is 7.03. The summed E-state index contributed by atoms with van der Waals surface area (Å²) in [5, 5.41) is 3.18. The van der Waals surface area contributed by atoms with E-state index in [-0.39, 0.29) is 5.91 Å². The molecule has 1 aliphatic carbocycles. The van der Waals surface area contributed by atoms with Crippen LogP contribution in [0.4, 0.5) is 0 Å². The molecule has 4 heteroatoms. The fraction of sp³-hybridized carbons (Fsp3) is 0.941. The minimum atomic E-state index is -0.409. The Morgan fingerprint density at radius 1 is 1.33 bits per heavy atom. The first kappa shape index (κ1) is 18.4. The van der Waals surface area contributed by atoms with E-state index in [1.165, 1.54) is 32.1 Å². The van der Waals surface area contributed by atoms with Crippen molar-refractivity contribution in [2.75, 3.05) is 7.05 Å². The average molecular weight is 297 g/mol. The summed E-state index contributed by atoms with van der Waals surface area (Å²) in [7, 11) is 2.23. The van der Waals surface area contributed by atoms with E-state index < -0.39 is 6.04 Å². The van der Waals surface area contributed by atoms with Crippen LogP contribution in [0.5, 0.6) is 0 Å². The first-order valence-electron chi connectivity index (χ1n) is 8.64. The Labute approximate surface area is 130 Å². The number of nitrogens with one attached hydrogen (secondary N) is 1. The molecular formula is C17H35N3O. The SMILES string of the molecule is CCCC[C@H]1C[C@H](N(C)C(C)C)CC[C@@H]1NC(=O)[C@@H](C)N. The van der Waals surface area contributed by atoms with Crippen molar-refractivity contribution in [3.05, 3.63) is 0 Å². The fourth-order valence-corrected chi connectivity index (χ4v) is 3.32. The lowest BCUT2D eigenvalue weighted by molar-refractivity contribution is -0.123. The largest absolute Gasteiger partial charge is 0.352 e. The standard InChI is InChI=1S/C17H35N3O/c1-6-7-8-14-11-15(20(5)12(2)3)9-10-16(14)19-17(21)13(4)18/h12-16H,6-11,18H2,1-5H3,(H,19,21)/t13-,14+,15-,16+/m1/s1. The molecule has 0 heterocycles. The van der Waals surface area contributed by atoms with E-state index in [9.17, 15) is 4.79 Å². The molecule has 1 rings (SSSR count). The zero-order chi connectivity index (χ0) is 16.0. The van der Waals surface area contributed by atoms with Crippen LogP contribution in [0.1, 0.15) is 66.2 Å². The van der Waals surface area contributed by atoms with Gasteiger partial charge in [-0.25, -0.2) is 0 Å². The smallest absolute Gasteiger partial charge is 0.236 e. The van der Waals surface area contributed by atoms with Crippen LogP contribution in [0.25, 0.3) is 0 Å². The molecule has 1 aliphatic rings. The highest BCUT2D eigenvalue weighted by molar-refractivity contribution is 5.81. The van der Waals surface area contributed by atoms with Gasteiger partial charge >= 0.3 is 0 Å². The minimum absolute atomic E-state index is 0.00263. The van der Waals surface area contributed by atoms with E-state index in [4.69, 9.17) is 5.73 Å². The van der Waals surface area contributed by atoms with E-state index in [2.05, 4.69) is 38.0 Å². The van der Waals surface area contributed by atoms with Crippen molar-refractivity contribution in [2.24, 2.45) is 11.7 Å².